The van der Waals surface area contributed by atoms with E-state index in [1.165, 1.54) is 9.10 Å². The van der Waals surface area contributed by atoms with Gasteiger partial charge < -0.3 is 4.90 Å². The Kier molecular flexibility index (Phi) is 5.80. The van der Waals surface area contributed by atoms with E-state index in [-0.39, 0.29) is 30.4 Å². The molecule has 0 N–H and O–H groups in total. The van der Waals surface area contributed by atoms with Gasteiger partial charge in [-0.25, -0.2) is 8.42 Å². The van der Waals surface area contributed by atoms with Gasteiger partial charge >= 0.3 is 0 Å². The van der Waals surface area contributed by atoms with Crippen molar-refractivity contribution in [2.45, 2.75) is 11.4 Å². The first-order chi connectivity index (χ1) is 14.4. The third kappa shape index (κ3) is 4.35. The Balaban J connectivity index is 1.35. The van der Waals surface area contributed by atoms with Crippen LogP contribution in [-0.2, 0) is 21.4 Å². The lowest BCUT2D eigenvalue weighted by Crippen LogP contribution is -2.51. The Bertz CT molecular complexity index is 1130. The zero-order valence-electron chi connectivity index (χ0n) is 15.9. The number of benzene rings is 2. The molecule has 0 atom stereocenters. The SMILES string of the molecule is O=C(Cn1nnc(-c2ccc(Cl)cc2)n1)N1CCN(S(=O)(=O)c2ccccc2)CC1. The van der Waals surface area contributed by atoms with Crippen LogP contribution in [0.4, 0.5) is 0 Å². The van der Waals surface area contributed by atoms with Crippen molar-refractivity contribution in [1.29, 1.82) is 0 Å². The van der Waals surface area contributed by atoms with Crippen molar-refractivity contribution < 1.29 is 13.2 Å². The van der Waals surface area contributed by atoms with Crippen molar-refractivity contribution in [3.8, 4) is 11.4 Å². The van der Waals surface area contributed by atoms with Gasteiger partial charge in [-0.15, -0.1) is 10.2 Å². The fourth-order valence-corrected chi connectivity index (χ4v) is 4.73. The second-order valence-electron chi connectivity index (χ2n) is 6.75. The summed E-state index contributed by atoms with van der Waals surface area (Å²) in [5, 5.41) is 12.7. The van der Waals surface area contributed by atoms with Crippen molar-refractivity contribution in [1.82, 2.24) is 29.4 Å². The summed E-state index contributed by atoms with van der Waals surface area (Å²) in [7, 11) is -3.55. The monoisotopic (exact) mass is 446 g/mol. The largest absolute Gasteiger partial charge is 0.338 e. The second-order valence-corrected chi connectivity index (χ2v) is 9.12. The number of carbonyl (C=O) groups excluding carboxylic acids is 1. The van der Waals surface area contributed by atoms with Gasteiger partial charge in [-0.1, -0.05) is 29.8 Å². The van der Waals surface area contributed by atoms with Gasteiger partial charge in [0, 0.05) is 36.8 Å². The van der Waals surface area contributed by atoms with E-state index in [1.54, 1.807) is 59.5 Å². The molecule has 1 aliphatic heterocycles. The highest BCUT2D eigenvalue weighted by Crippen LogP contribution is 2.18. The summed E-state index contributed by atoms with van der Waals surface area (Å²) in [4.78, 5) is 15.7. The Morgan fingerprint density at radius 2 is 1.63 bits per heavy atom. The highest BCUT2D eigenvalue weighted by atomic mass is 35.5. The van der Waals surface area contributed by atoms with E-state index in [2.05, 4.69) is 15.4 Å². The molecule has 0 bridgehead atoms. The minimum atomic E-state index is -3.55. The average Bonchev–Trinajstić information content (AvgIpc) is 3.23. The first-order valence-corrected chi connectivity index (χ1v) is 11.1. The molecule has 0 radical (unpaired) electrons. The summed E-state index contributed by atoms with van der Waals surface area (Å²) in [5.41, 5.74) is 0.748. The highest BCUT2D eigenvalue weighted by Gasteiger charge is 2.30. The molecule has 1 aliphatic rings. The molecule has 1 aromatic heterocycles. The molecule has 2 aromatic carbocycles. The first kappa shape index (κ1) is 20.5. The number of carbonyl (C=O) groups is 1. The molecule has 1 saturated heterocycles. The molecule has 156 valence electrons. The fraction of sp³-hybridized carbons (Fsp3) is 0.263. The van der Waals surface area contributed by atoms with E-state index in [0.29, 0.717) is 23.9 Å². The second kappa shape index (κ2) is 8.50. The number of piperazine rings is 1. The van der Waals surface area contributed by atoms with Crippen LogP contribution < -0.4 is 0 Å². The van der Waals surface area contributed by atoms with Crippen molar-refractivity contribution in [3.05, 3.63) is 59.6 Å². The lowest BCUT2D eigenvalue weighted by molar-refractivity contribution is -0.133. The van der Waals surface area contributed by atoms with Crippen molar-refractivity contribution >= 4 is 27.5 Å². The fourth-order valence-electron chi connectivity index (χ4n) is 3.17. The number of tetrazole rings is 1. The van der Waals surface area contributed by atoms with E-state index in [1.807, 2.05) is 0 Å². The van der Waals surface area contributed by atoms with Gasteiger partial charge in [0.15, 0.2) is 0 Å². The standard InChI is InChI=1S/C19H19ClN6O3S/c20-16-8-6-15(7-9-16)19-21-23-26(22-19)14-18(27)24-10-12-25(13-11-24)30(28,29)17-4-2-1-3-5-17/h1-9H,10-14H2. The molecule has 1 fully saturated rings. The summed E-state index contributed by atoms with van der Waals surface area (Å²) < 4.78 is 26.8. The van der Waals surface area contributed by atoms with Gasteiger partial charge in [0.05, 0.1) is 4.90 Å². The lowest BCUT2D eigenvalue weighted by atomic mass is 10.2. The first-order valence-electron chi connectivity index (χ1n) is 9.30. The molecule has 3 aromatic rings. The number of sulfonamides is 1. The zero-order chi connectivity index (χ0) is 21.1. The molecule has 2 heterocycles. The Morgan fingerprint density at radius 3 is 2.30 bits per heavy atom. The summed E-state index contributed by atoms with van der Waals surface area (Å²) in [6.45, 7) is 1.03. The van der Waals surface area contributed by atoms with Crippen LogP contribution >= 0.6 is 11.6 Å². The number of hydrogen-bond acceptors (Lipinski definition) is 6. The summed E-state index contributed by atoms with van der Waals surface area (Å²) in [5.74, 6) is 0.213. The van der Waals surface area contributed by atoms with Gasteiger partial charge in [0.1, 0.15) is 6.54 Å². The van der Waals surface area contributed by atoms with Gasteiger partial charge in [0.25, 0.3) is 0 Å². The summed E-state index contributed by atoms with van der Waals surface area (Å²) in [6.07, 6.45) is 0. The lowest BCUT2D eigenvalue weighted by Gasteiger charge is -2.33. The summed E-state index contributed by atoms with van der Waals surface area (Å²) in [6, 6.07) is 15.3. The van der Waals surface area contributed by atoms with Crippen LogP contribution in [0, 0.1) is 0 Å². The Hall–Kier alpha value is -2.82. The van der Waals surface area contributed by atoms with Crippen LogP contribution in [0.25, 0.3) is 11.4 Å². The predicted molar refractivity (Wildman–Crippen MR) is 110 cm³/mol. The van der Waals surface area contributed by atoms with Crippen molar-refractivity contribution in [3.63, 3.8) is 0 Å². The van der Waals surface area contributed by atoms with Gasteiger partial charge in [-0.3, -0.25) is 4.79 Å². The van der Waals surface area contributed by atoms with Crippen LogP contribution in [0.1, 0.15) is 0 Å². The van der Waals surface area contributed by atoms with Crippen LogP contribution in [0.3, 0.4) is 0 Å². The quantitative estimate of drug-likeness (QED) is 0.589. The molecule has 4 rings (SSSR count). The van der Waals surface area contributed by atoms with Gasteiger partial charge in [-0.2, -0.15) is 9.10 Å². The minimum Gasteiger partial charge on any atom is -0.338 e. The van der Waals surface area contributed by atoms with Crippen LogP contribution in [0.5, 0.6) is 0 Å². The van der Waals surface area contributed by atoms with E-state index in [0.717, 1.165) is 5.56 Å². The number of amides is 1. The number of halogens is 1. The van der Waals surface area contributed by atoms with E-state index in [9.17, 15) is 13.2 Å². The maximum absolute atomic E-state index is 12.7. The normalized spacial score (nSPS) is 15.3. The predicted octanol–water partition coefficient (Wildman–Crippen LogP) is 1.53. The molecule has 0 aliphatic carbocycles. The Labute approximate surface area is 178 Å². The minimum absolute atomic E-state index is 0.0635. The molecule has 1 amide bonds. The number of nitrogens with zero attached hydrogens (tertiary/aromatic N) is 6. The van der Waals surface area contributed by atoms with Crippen molar-refractivity contribution in [2.24, 2.45) is 0 Å². The molecule has 0 spiro atoms. The molecule has 11 heteroatoms. The smallest absolute Gasteiger partial charge is 0.246 e. The average molecular weight is 447 g/mol. The summed E-state index contributed by atoms with van der Waals surface area (Å²) >= 11 is 5.88. The third-order valence-electron chi connectivity index (χ3n) is 4.80. The van der Waals surface area contributed by atoms with Crippen molar-refractivity contribution in [2.75, 3.05) is 26.2 Å². The van der Waals surface area contributed by atoms with E-state index in [4.69, 9.17) is 11.6 Å². The maximum Gasteiger partial charge on any atom is 0.246 e. The maximum atomic E-state index is 12.7. The molecule has 30 heavy (non-hydrogen) atoms. The van der Waals surface area contributed by atoms with E-state index >= 15 is 0 Å². The molecule has 0 unspecified atom stereocenters. The highest BCUT2D eigenvalue weighted by molar-refractivity contribution is 7.89. The Morgan fingerprint density at radius 1 is 0.967 bits per heavy atom. The zero-order valence-corrected chi connectivity index (χ0v) is 17.5. The van der Waals surface area contributed by atoms with Crippen LogP contribution in [-0.4, -0.2) is 69.9 Å². The van der Waals surface area contributed by atoms with Gasteiger partial charge in [-0.05, 0) is 41.6 Å². The van der Waals surface area contributed by atoms with E-state index < -0.39 is 10.0 Å². The molecular weight excluding hydrogens is 428 g/mol. The number of hydrogen-bond donors (Lipinski definition) is 0. The molecular formula is C19H19ClN6O3S. The van der Waals surface area contributed by atoms with Gasteiger partial charge in [0.2, 0.25) is 21.8 Å². The topological polar surface area (TPSA) is 101 Å². The molecule has 0 saturated carbocycles. The number of aromatic nitrogens is 4. The van der Waals surface area contributed by atoms with Crippen LogP contribution in [0.2, 0.25) is 5.02 Å². The molecule has 9 nitrogen and oxygen atoms in total. The third-order valence-corrected chi connectivity index (χ3v) is 6.97. The number of rotatable bonds is 5. The van der Waals surface area contributed by atoms with Crippen LogP contribution in [0.15, 0.2) is 59.5 Å².